The highest BCUT2D eigenvalue weighted by Gasteiger charge is 2.19. The summed E-state index contributed by atoms with van der Waals surface area (Å²) in [5.74, 6) is 0.998. The lowest BCUT2D eigenvalue weighted by atomic mass is 10.1. The fraction of sp³-hybridized carbons (Fsp3) is 0.143. The monoisotopic (exact) mass is 545 g/mol. The van der Waals surface area contributed by atoms with Gasteiger partial charge in [-0.1, -0.05) is 59.3 Å². The van der Waals surface area contributed by atoms with Gasteiger partial charge in [-0.15, -0.1) is 21.5 Å². The molecule has 0 aliphatic rings. The predicted octanol–water partition coefficient (Wildman–Crippen LogP) is 7.51. The number of benzene rings is 3. The van der Waals surface area contributed by atoms with Crippen LogP contribution in [0.15, 0.2) is 77.3 Å². The van der Waals surface area contributed by atoms with Gasteiger partial charge in [-0.25, -0.2) is 4.98 Å². The zero-order chi connectivity index (χ0) is 25.9. The Hall–Kier alpha value is -3.46. The molecule has 1 N–H and O–H groups in total. The molecule has 3 aromatic carbocycles. The maximum absolute atomic E-state index is 12.7. The van der Waals surface area contributed by atoms with Crippen LogP contribution in [0.4, 0.5) is 5.69 Å². The van der Waals surface area contributed by atoms with Gasteiger partial charge in [0, 0.05) is 22.3 Å². The summed E-state index contributed by atoms with van der Waals surface area (Å²) in [4.78, 5) is 17.3. The Morgan fingerprint density at radius 2 is 1.78 bits per heavy atom. The van der Waals surface area contributed by atoms with E-state index in [0.717, 1.165) is 32.7 Å². The van der Waals surface area contributed by atoms with E-state index in [2.05, 4.69) is 39.6 Å². The third-order valence-corrected chi connectivity index (χ3v) is 8.22. The van der Waals surface area contributed by atoms with Crippen LogP contribution in [0, 0.1) is 20.8 Å². The van der Waals surface area contributed by atoms with E-state index in [9.17, 15) is 4.79 Å². The minimum atomic E-state index is -0.223. The molecule has 6 nitrogen and oxygen atoms in total. The van der Waals surface area contributed by atoms with E-state index >= 15 is 0 Å². The number of thiazole rings is 1. The molecule has 0 bridgehead atoms. The first kappa shape index (κ1) is 25.2. The van der Waals surface area contributed by atoms with E-state index in [0.29, 0.717) is 22.3 Å². The Kier molecular flexibility index (Phi) is 7.41. The van der Waals surface area contributed by atoms with Crippen molar-refractivity contribution in [2.75, 3.05) is 5.32 Å². The van der Waals surface area contributed by atoms with Gasteiger partial charge in [-0.3, -0.25) is 9.36 Å². The molecule has 0 atom stereocenters. The van der Waals surface area contributed by atoms with Crippen LogP contribution in [0.3, 0.4) is 0 Å². The second kappa shape index (κ2) is 10.9. The lowest BCUT2D eigenvalue weighted by Crippen LogP contribution is -2.12. The third-order valence-electron chi connectivity index (χ3n) is 5.91. The molecule has 1 amide bonds. The van der Waals surface area contributed by atoms with Gasteiger partial charge in [0.15, 0.2) is 11.0 Å². The van der Waals surface area contributed by atoms with Crippen molar-refractivity contribution in [2.24, 2.45) is 0 Å². The predicted molar refractivity (Wildman–Crippen MR) is 152 cm³/mol. The van der Waals surface area contributed by atoms with Gasteiger partial charge < -0.3 is 5.32 Å². The average Bonchev–Trinajstić information content (AvgIpc) is 3.53. The smallest absolute Gasteiger partial charge is 0.275 e. The SMILES string of the molecule is Cc1ccc(-n2c(SCc3nc(C(=O)Nc4ccc(C)c(C)c4)cs3)nnc2-c2ccccc2Cl)cc1. The van der Waals surface area contributed by atoms with Crippen molar-refractivity contribution in [3.8, 4) is 17.1 Å². The summed E-state index contributed by atoms with van der Waals surface area (Å²) in [6.07, 6.45) is 0. The van der Waals surface area contributed by atoms with Crippen LogP contribution in [0.25, 0.3) is 17.1 Å². The Labute approximate surface area is 228 Å². The molecule has 5 aromatic rings. The number of thioether (sulfide) groups is 1. The van der Waals surface area contributed by atoms with Gasteiger partial charge in [0.2, 0.25) is 0 Å². The summed E-state index contributed by atoms with van der Waals surface area (Å²) >= 11 is 9.47. The van der Waals surface area contributed by atoms with Gasteiger partial charge >= 0.3 is 0 Å². The van der Waals surface area contributed by atoms with Crippen LogP contribution >= 0.6 is 34.7 Å². The number of carbonyl (C=O) groups is 1. The lowest BCUT2D eigenvalue weighted by Gasteiger charge is -2.11. The molecule has 0 saturated carbocycles. The molecule has 9 heteroatoms. The Morgan fingerprint density at radius 1 is 1.00 bits per heavy atom. The van der Waals surface area contributed by atoms with Gasteiger partial charge in [-0.05, 0) is 68.3 Å². The van der Waals surface area contributed by atoms with Crippen molar-refractivity contribution < 1.29 is 4.79 Å². The number of aromatic nitrogens is 4. The first-order chi connectivity index (χ1) is 17.9. The summed E-state index contributed by atoms with van der Waals surface area (Å²) in [5, 5.41) is 15.8. The van der Waals surface area contributed by atoms with Crippen molar-refractivity contribution in [1.82, 2.24) is 19.7 Å². The molecule has 0 unspecified atom stereocenters. The molecule has 37 heavy (non-hydrogen) atoms. The van der Waals surface area contributed by atoms with Gasteiger partial charge in [0.05, 0.1) is 10.8 Å². The van der Waals surface area contributed by atoms with Crippen molar-refractivity contribution in [3.05, 3.63) is 105 Å². The van der Waals surface area contributed by atoms with Crippen LogP contribution in [0.2, 0.25) is 5.02 Å². The molecule has 186 valence electrons. The molecule has 5 rings (SSSR count). The highest BCUT2D eigenvalue weighted by molar-refractivity contribution is 7.98. The second-order valence-corrected chi connectivity index (χ2v) is 10.9. The topological polar surface area (TPSA) is 72.7 Å². The summed E-state index contributed by atoms with van der Waals surface area (Å²) in [6, 6.07) is 21.7. The first-order valence-corrected chi connectivity index (χ1v) is 13.9. The van der Waals surface area contributed by atoms with Crippen molar-refractivity contribution in [1.29, 1.82) is 0 Å². The minimum Gasteiger partial charge on any atom is -0.321 e. The first-order valence-electron chi connectivity index (χ1n) is 11.6. The number of nitrogens with one attached hydrogen (secondary N) is 1. The molecule has 0 aliphatic heterocycles. The number of rotatable bonds is 7. The molecule has 0 radical (unpaired) electrons. The number of hydrogen-bond donors (Lipinski definition) is 1. The Bertz CT molecular complexity index is 1580. The highest BCUT2D eigenvalue weighted by Crippen LogP contribution is 2.33. The molecular formula is C28H24ClN5OS2. The minimum absolute atomic E-state index is 0.223. The number of hydrogen-bond acceptors (Lipinski definition) is 6. The van der Waals surface area contributed by atoms with E-state index in [4.69, 9.17) is 11.6 Å². The van der Waals surface area contributed by atoms with Crippen LogP contribution in [-0.4, -0.2) is 25.7 Å². The fourth-order valence-electron chi connectivity index (χ4n) is 3.73. The largest absolute Gasteiger partial charge is 0.321 e. The van der Waals surface area contributed by atoms with Gasteiger partial charge in [0.1, 0.15) is 10.7 Å². The van der Waals surface area contributed by atoms with Crippen molar-refractivity contribution in [3.63, 3.8) is 0 Å². The summed E-state index contributed by atoms with van der Waals surface area (Å²) in [5.41, 5.74) is 6.39. The third kappa shape index (κ3) is 5.61. The fourth-order valence-corrected chi connectivity index (χ4v) is 5.69. The molecule has 2 aromatic heterocycles. The van der Waals surface area contributed by atoms with Gasteiger partial charge in [-0.2, -0.15) is 0 Å². The lowest BCUT2D eigenvalue weighted by molar-refractivity contribution is 0.102. The quantitative estimate of drug-likeness (QED) is 0.214. The molecule has 0 aliphatic carbocycles. The number of nitrogens with zero attached hydrogens (tertiary/aromatic N) is 4. The summed E-state index contributed by atoms with van der Waals surface area (Å²) < 4.78 is 2.01. The number of amides is 1. The molecule has 0 spiro atoms. The zero-order valence-electron chi connectivity index (χ0n) is 20.5. The van der Waals surface area contributed by atoms with Crippen LogP contribution in [0.5, 0.6) is 0 Å². The summed E-state index contributed by atoms with van der Waals surface area (Å²) in [6.45, 7) is 6.12. The Balaban J connectivity index is 1.37. The van der Waals surface area contributed by atoms with E-state index < -0.39 is 0 Å². The Morgan fingerprint density at radius 3 is 2.54 bits per heavy atom. The molecule has 0 fully saturated rings. The number of carbonyl (C=O) groups excluding carboxylic acids is 1. The van der Waals surface area contributed by atoms with E-state index in [1.165, 1.54) is 34.2 Å². The maximum Gasteiger partial charge on any atom is 0.275 e. The van der Waals surface area contributed by atoms with E-state index in [1.807, 2.05) is 73.0 Å². The van der Waals surface area contributed by atoms with Crippen molar-refractivity contribution in [2.45, 2.75) is 31.7 Å². The number of halogens is 1. The molecule has 0 saturated heterocycles. The molecular weight excluding hydrogens is 522 g/mol. The number of aryl methyl sites for hydroxylation is 3. The summed E-state index contributed by atoms with van der Waals surface area (Å²) in [7, 11) is 0. The second-order valence-electron chi connectivity index (χ2n) is 8.63. The number of anilines is 1. The van der Waals surface area contributed by atoms with Gasteiger partial charge in [0.25, 0.3) is 5.91 Å². The maximum atomic E-state index is 12.7. The van der Waals surface area contributed by atoms with Crippen molar-refractivity contribution >= 4 is 46.3 Å². The highest BCUT2D eigenvalue weighted by atomic mass is 35.5. The van der Waals surface area contributed by atoms with E-state index in [1.54, 1.807) is 5.38 Å². The van der Waals surface area contributed by atoms with Crippen LogP contribution in [-0.2, 0) is 5.75 Å². The van der Waals surface area contributed by atoms with E-state index in [-0.39, 0.29) is 5.91 Å². The molecule has 2 heterocycles. The zero-order valence-corrected chi connectivity index (χ0v) is 22.9. The average molecular weight is 546 g/mol. The normalized spacial score (nSPS) is 11.0. The van der Waals surface area contributed by atoms with Crippen LogP contribution < -0.4 is 5.32 Å². The standard InChI is InChI=1S/C28H24ClN5OS2/c1-17-8-12-21(13-9-17)34-26(22-6-4-5-7-23(22)29)32-33-28(34)37-16-25-31-24(15-36-25)27(35)30-20-11-10-18(2)19(3)14-20/h4-15H,16H2,1-3H3,(H,30,35). The van der Waals surface area contributed by atoms with Crippen LogP contribution in [0.1, 0.15) is 32.2 Å².